The highest BCUT2D eigenvalue weighted by molar-refractivity contribution is 7.17. The van der Waals surface area contributed by atoms with Gasteiger partial charge in [-0.1, -0.05) is 0 Å². The SMILES string of the molecule is O=C(NCc1ccco1)c1c(NC(=O)[C@@H]2CCCO2)sc2c1CCC2. The molecule has 1 atom stereocenters. The maximum Gasteiger partial charge on any atom is 0.254 e. The summed E-state index contributed by atoms with van der Waals surface area (Å²) in [6.07, 6.45) is 5.71. The highest BCUT2D eigenvalue weighted by atomic mass is 32.1. The minimum absolute atomic E-state index is 0.155. The van der Waals surface area contributed by atoms with Crippen LogP contribution in [0.2, 0.25) is 0 Å². The molecular weight excluding hydrogens is 340 g/mol. The van der Waals surface area contributed by atoms with Crippen molar-refractivity contribution >= 4 is 28.2 Å². The van der Waals surface area contributed by atoms with E-state index in [0.29, 0.717) is 29.5 Å². The number of amides is 2. The molecule has 0 saturated carbocycles. The number of nitrogens with one attached hydrogen (secondary N) is 2. The Morgan fingerprint density at radius 2 is 2.20 bits per heavy atom. The van der Waals surface area contributed by atoms with Gasteiger partial charge in [0.1, 0.15) is 16.9 Å². The summed E-state index contributed by atoms with van der Waals surface area (Å²) in [5, 5.41) is 6.46. The second kappa shape index (κ2) is 7.01. The fraction of sp³-hybridized carbons (Fsp3) is 0.444. The van der Waals surface area contributed by atoms with Gasteiger partial charge < -0.3 is 19.8 Å². The van der Waals surface area contributed by atoms with Gasteiger partial charge in [-0.25, -0.2) is 0 Å². The van der Waals surface area contributed by atoms with Crippen LogP contribution in [0.1, 0.15) is 45.8 Å². The molecule has 1 aliphatic heterocycles. The van der Waals surface area contributed by atoms with Gasteiger partial charge in [-0.2, -0.15) is 0 Å². The lowest BCUT2D eigenvalue weighted by Crippen LogP contribution is -2.29. The molecule has 0 radical (unpaired) electrons. The van der Waals surface area contributed by atoms with E-state index < -0.39 is 6.10 Å². The molecule has 25 heavy (non-hydrogen) atoms. The minimum atomic E-state index is -0.407. The van der Waals surface area contributed by atoms with Gasteiger partial charge in [-0.15, -0.1) is 11.3 Å². The number of aryl methyl sites for hydroxylation is 1. The van der Waals surface area contributed by atoms with E-state index in [4.69, 9.17) is 9.15 Å². The summed E-state index contributed by atoms with van der Waals surface area (Å²) in [7, 11) is 0. The lowest BCUT2D eigenvalue weighted by atomic mass is 10.1. The summed E-state index contributed by atoms with van der Waals surface area (Å²) in [6.45, 7) is 0.949. The molecule has 1 aliphatic carbocycles. The van der Waals surface area contributed by atoms with Crippen molar-refractivity contribution in [1.29, 1.82) is 0 Å². The molecule has 0 aromatic carbocycles. The second-order valence-corrected chi connectivity index (χ2v) is 7.42. The van der Waals surface area contributed by atoms with Crippen molar-refractivity contribution in [2.75, 3.05) is 11.9 Å². The number of hydrogen-bond donors (Lipinski definition) is 2. The van der Waals surface area contributed by atoms with Gasteiger partial charge in [0.25, 0.3) is 11.8 Å². The molecule has 6 nitrogen and oxygen atoms in total. The summed E-state index contributed by atoms with van der Waals surface area (Å²) in [5.41, 5.74) is 1.68. The van der Waals surface area contributed by atoms with Crippen molar-refractivity contribution in [2.45, 2.75) is 44.8 Å². The first-order chi connectivity index (χ1) is 12.2. The highest BCUT2D eigenvalue weighted by Gasteiger charge is 2.30. The summed E-state index contributed by atoms with van der Waals surface area (Å²) in [5.74, 6) is 0.376. The molecule has 7 heteroatoms. The van der Waals surface area contributed by atoms with E-state index in [-0.39, 0.29) is 11.8 Å². The number of carbonyl (C=O) groups is 2. The standard InChI is InChI=1S/C18H20N2O4S/c21-16(13-6-3-9-24-13)20-18-15(12-5-1-7-14(12)25-18)17(22)19-10-11-4-2-8-23-11/h2,4,8,13H,1,3,5-7,9-10H2,(H,19,22)(H,20,21)/t13-/m0/s1. The third kappa shape index (κ3) is 3.34. The quantitative estimate of drug-likeness (QED) is 0.859. The van der Waals surface area contributed by atoms with Gasteiger partial charge in [-0.3, -0.25) is 9.59 Å². The van der Waals surface area contributed by atoms with E-state index in [2.05, 4.69) is 10.6 Å². The Balaban J connectivity index is 1.52. The lowest BCUT2D eigenvalue weighted by molar-refractivity contribution is -0.124. The third-order valence-electron chi connectivity index (χ3n) is 4.61. The predicted octanol–water partition coefficient (Wildman–Crippen LogP) is 2.88. The van der Waals surface area contributed by atoms with Crippen LogP contribution in [-0.2, 0) is 28.9 Å². The van der Waals surface area contributed by atoms with Crippen molar-refractivity contribution in [2.24, 2.45) is 0 Å². The van der Waals surface area contributed by atoms with Gasteiger partial charge in [0.05, 0.1) is 18.4 Å². The van der Waals surface area contributed by atoms with Crippen LogP contribution in [0.3, 0.4) is 0 Å². The zero-order valence-corrected chi connectivity index (χ0v) is 14.6. The van der Waals surface area contributed by atoms with Gasteiger partial charge in [0.2, 0.25) is 0 Å². The highest BCUT2D eigenvalue weighted by Crippen LogP contribution is 2.39. The van der Waals surface area contributed by atoms with Crippen LogP contribution < -0.4 is 10.6 Å². The second-order valence-electron chi connectivity index (χ2n) is 6.31. The van der Waals surface area contributed by atoms with Crippen LogP contribution >= 0.6 is 11.3 Å². The molecular formula is C18H20N2O4S. The Morgan fingerprint density at radius 1 is 1.28 bits per heavy atom. The number of carbonyl (C=O) groups excluding carboxylic acids is 2. The lowest BCUT2D eigenvalue weighted by Gasteiger charge is -2.12. The maximum atomic E-state index is 12.8. The Hall–Kier alpha value is -2.12. The number of furan rings is 1. The first-order valence-corrected chi connectivity index (χ1v) is 9.41. The van der Waals surface area contributed by atoms with Crippen LogP contribution in [0.5, 0.6) is 0 Å². The molecule has 2 aromatic rings. The maximum absolute atomic E-state index is 12.8. The summed E-state index contributed by atoms with van der Waals surface area (Å²) in [4.78, 5) is 26.3. The van der Waals surface area contributed by atoms with Crippen LogP contribution in [0.15, 0.2) is 22.8 Å². The average Bonchev–Trinajstić information content (AvgIpc) is 3.35. The Labute approximate surface area is 149 Å². The number of rotatable bonds is 5. The zero-order chi connectivity index (χ0) is 17.2. The van der Waals surface area contributed by atoms with E-state index in [1.54, 1.807) is 12.3 Å². The van der Waals surface area contributed by atoms with Crippen molar-refractivity contribution in [3.63, 3.8) is 0 Å². The zero-order valence-electron chi connectivity index (χ0n) is 13.8. The first kappa shape index (κ1) is 16.4. The Morgan fingerprint density at radius 3 is 2.96 bits per heavy atom. The molecule has 4 rings (SSSR count). The van der Waals surface area contributed by atoms with Crippen molar-refractivity contribution in [3.8, 4) is 0 Å². The summed E-state index contributed by atoms with van der Waals surface area (Å²) < 4.78 is 10.7. The molecule has 2 aromatic heterocycles. The van der Waals surface area contributed by atoms with E-state index in [1.807, 2.05) is 6.07 Å². The molecule has 2 N–H and O–H groups in total. The van der Waals surface area contributed by atoms with E-state index in [0.717, 1.165) is 37.7 Å². The predicted molar refractivity (Wildman–Crippen MR) is 93.8 cm³/mol. The van der Waals surface area contributed by atoms with Crippen LogP contribution in [0, 0.1) is 0 Å². The molecule has 2 amide bonds. The van der Waals surface area contributed by atoms with Crippen molar-refractivity contribution in [1.82, 2.24) is 5.32 Å². The van der Waals surface area contributed by atoms with Gasteiger partial charge >= 0.3 is 0 Å². The van der Waals surface area contributed by atoms with Crippen LogP contribution in [0.4, 0.5) is 5.00 Å². The van der Waals surface area contributed by atoms with Crippen LogP contribution in [0.25, 0.3) is 0 Å². The number of ether oxygens (including phenoxy) is 1. The molecule has 1 saturated heterocycles. The largest absolute Gasteiger partial charge is 0.467 e. The fourth-order valence-corrected chi connectivity index (χ4v) is 4.67. The first-order valence-electron chi connectivity index (χ1n) is 8.60. The van der Waals surface area contributed by atoms with Crippen molar-refractivity contribution in [3.05, 3.63) is 40.2 Å². The van der Waals surface area contributed by atoms with Gasteiger partial charge in [-0.05, 0) is 49.8 Å². The molecule has 3 heterocycles. The topological polar surface area (TPSA) is 80.6 Å². The summed E-state index contributed by atoms with van der Waals surface area (Å²) >= 11 is 1.52. The molecule has 2 aliphatic rings. The van der Waals surface area contributed by atoms with Crippen LogP contribution in [-0.4, -0.2) is 24.5 Å². The Kier molecular flexibility index (Phi) is 4.59. The third-order valence-corrected chi connectivity index (χ3v) is 5.82. The monoisotopic (exact) mass is 360 g/mol. The molecule has 0 spiro atoms. The Bertz CT molecular complexity index is 775. The molecule has 1 fully saturated rings. The van der Waals surface area contributed by atoms with E-state index in [9.17, 15) is 9.59 Å². The molecule has 132 valence electrons. The van der Waals surface area contributed by atoms with E-state index >= 15 is 0 Å². The van der Waals surface area contributed by atoms with E-state index in [1.165, 1.54) is 16.2 Å². The number of thiophene rings is 1. The minimum Gasteiger partial charge on any atom is -0.467 e. The molecule has 0 bridgehead atoms. The van der Waals surface area contributed by atoms with Crippen molar-refractivity contribution < 1.29 is 18.7 Å². The fourth-order valence-electron chi connectivity index (χ4n) is 3.38. The van der Waals surface area contributed by atoms with Gasteiger partial charge in [0.15, 0.2) is 0 Å². The van der Waals surface area contributed by atoms with Gasteiger partial charge in [0, 0.05) is 11.5 Å². The normalized spacial score (nSPS) is 19.0. The smallest absolute Gasteiger partial charge is 0.254 e. The number of hydrogen-bond acceptors (Lipinski definition) is 5. The summed E-state index contributed by atoms with van der Waals surface area (Å²) in [6, 6.07) is 3.61. The number of anilines is 1. The average molecular weight is 360 g/mol. The number of fused-ring (bicyclic) bond motifs is 1. The molecule has 0 unspecified atom stereocenters.